The fourth-order valence-corrected chi connectivity index (χ4v) is 3.17. The van der Waals surface area contributed by atoms with Crippen LogP contribution in [0.3, 0.4) is 0 Å². The molecule has 0 unspecified atom stereocenters. The van der Waals surface area contributed by atoms with Crippen LogP contribution in [0.15, 0.2) is 58.6 Å². The van der Waals surface area contributed by atoms with Crippen LogP contribution >= 0.6 is 15.9 Å². The van der Waals surface area contributed by atoms with Gasteiger partial charge < -0.3 is 14.6 Å². The fourth-order valence-electron chi connectivity index (χ4n) is 2.90. The van der Waals surface area contributed by atoms with Crippen LogP contribution in [0.4, 0.5) is 0 Å². The second kappa shape index (κ2) is 11.0. The smallest absolute Gasteiger partial charge is 0.333 e. The van der Waals surface area contributed by atoms with Gasteiger partial charge in [-0.05, 0) is 66.8 Å². The van der Waals surface area contributed by atoms with Crippen molar-refractivity contribution in [2.75, 3.05) is 13.2 Å². The second-order valence-corrected chi connectivity index (χ2v) is 7.42. The second-order valence-electron chi connectivity index (χ2n) is 6.51. The van der Waals surface area contributed by atoms with Crippen LogP contribution in [0.5, 0.6) is 5.75 Å². The monoisotopic (exact) mass is 446 g/mol. The van der Waals surface area contributed by atoms with Crippen molar-refractivity contribution in [1.29, 1.82) is 0 Å². The van der Waals surface area contributed by atoms with Crippen LogP contribution < -0.4 is 4.74 Å². The van der Waals surface area contributed by atoms with Crippen LogP contribution in [0.2, 0.25) is 0 Å². The van der Waals surface area contributed by atoms with Crippen LogP contribution in [0.25, 0.3) is 5.57 Å². The summed E-state index contributed by atoms with van der Waals surface area (Å²) in [5.74, 6) is -0.176. The van der Waals surface area contributed by atoms with Gasteiger partial charge in [-0.2, -0.15) is 0 Å². The van der Waals surface area contributed by atoms with E-state index in [0.717, 1.165) is 22.2 Å². The predicted octanol–water partition coefficient (Wildman–Crippen LogP) is 5.74. The van der Waals surface area contributed by atoms with Gasteiger partial charge in [0, 0.05) is 17.5 Å². The largest absolute Gasteiger partial charge is 0.489 e. The zero-order chi connectivity index (χ0) is 20.5. The molecule has 0 aromatic heterocycles. The predicted molar refractivity (Wildman–Crippen MR) is 116 cm³/mol. The van der Waals surface area contributed by atoms with E-state index < -0.39 is 12.1 Å². The van der Waals surface area contributed by atoms with Gasteiger partial charge in [0.15, 0.2) is 6.10 Å². The van der Waals surface area contributed by atoms with Gasteiger partial charge in [-0.25, -0.2) is 4.79 Å². The zero-order valence-corrected chi connectivity index (χ0v) is 18.2. The van der Waals surface area contributed by atoms with E-state index >= 15 is 0 Å². The van der Waals surface area contributed by atoms with Gasteiger partial charge in [-0.3, -0.25) is 0 Å². The summed E-state index contributed by atoms with van der Waals surface area (Å²) in [5.41, 5.74) is 4.57. The summed E-state index contributed by atoms with van der Waals surface area (Å²) in [6, 6.07) is 15.8. The number of carboxylic acid groups (broad SMARTS) is 1. The Bertz CT molecular complexity index is 794. The van der Waals surface area contributed by atoms with Gasteiger partial charge in [-0.15, -0.1) is 0 Å². The lowest BCUT2D eigenvalue weighted by atomic mass is 10.0. The van der Waals surface area contributed by atoms with Crippen LogP contribution in [-0.4, -0.2) is 30.4 Å². The van der Waals surface area contributed by atoms with Crippen molar-refractivity contribution in [2.45, 2.75) is 39.7 Å². The molecule has 4 nitrogen and oxygen atoms in total. The molecule has 5 heteroatoms. The van der Waals surface area contributed by atoms with Gasteiger partial charge in [0.25, 0.3) is 0 Å². The first kappa shape index (κ1) is 22.2. The Hall–Kier alpha value is -2.11. The Labute approximate surface area is 175 Å². The Kier molecular flexibility index (Phi) is 8.74. The Balaban J connectivity index is 2.02. The number of carboxylic acids is 1. The first-order valence-electron chi connectivity index (χ1n) is 9.45. The van der Waals surface area contributed by atoms with E-state index in [-0.39, 0.29) is 0 Å². The van der Waals surface area contributed by atoms with Crippen LogP contribution in [0.1, 0.15) is 38.3 Å². The number of allylic oxidation sites excluding steroid dienone is 1. The minimum absolute atomic E-state index is 0.340. The first-order chi connectivity index (χ1) is 13.4. The average Bonchev–Trinajstić information content (AvgIpc) is 2.69. The molecule has 150 valence electrons. The first-order valence-corrected chi connectivity index (χ1v) is 10.2. The summed E-state index contributed by atoms with van der Waals surface area (Å²) in [7, 11) is 0. The molecule has 0 aliphatic heterocycles. The lowest BCUT2D eigenvalue weighted by molar-refractivity contribution is -0.149. The number of carbonyl (C=O) groups is 1. The molecule has 2 aromatic rings. The van der Waals surface area contributed by atoms with E-state index in [2.05, 4.69) is 41.9 Å². The minimum atomic E-state index is -0.941. The van der Waals surface area contributed by atoms with Gasteiger partial charge in [-0.1, -0.05) is 47.1 Å². The van der Waals surface area contributed by atoms with E-state index in [4.69, 9.17) is 9.47 Å². The molecule has 2 rings (SSSR count). The van der Waals surface area contributed by atoms with Gasteiger partial charge in [0.2, 0.25) is 0 Å². The van der Waals surface area contributed by atoms with E-state index in [1.807, 2.05) is 36.4 Å². The molecule has 0 heterocycles. The molecule has 0 bridgehead atoms. The van der Waals surface area contributed by atoms with Crippen LogP contribution in [-0.2, 0) is 16.0 Å². The van der Waals surface area contributed by atoms with Gasteiger partial charge >= 0.3 is 5.97 Å². The highest BCUT2D eigenvalue weighted by Gasteiger charge is 2.17. The van der Waals surface area contributed by atoms with E-state index in [9.17, 15) is 9.90 Å². The van der Waals surface area contributed by atoms with Gasteiger partial charge in [0.1, 0.15) is 12.4 Å². The Morgan fingerprint density at radius 1 is 1.07 bits per heavy atom. The molecule has 0 saturated carbocycles. The lowest BCUT2D eigenvalue weighted by Crippen LogP contribution is -2.26. The third-order valence-electron chi connectivity index (χ3n) is 4.64. The summed E-state index contributed by atoms with van der Waals surface area (Å²) < 4.78 is 12.3. The average molecular weight is 447 g/mol. The fraction of sp³-hybridized carbons (Fsp3) is 0.348. The number of hydrogen-bond acceptors (Lipinski definition) is 3. The molecule has 1 N–H and O–H groups in total. The van der Waals surface area contributed by atoms with Gasteiger partial charge in [0.05, 0.1) is 0 Å². The van der Waals surface area contributed by atoms with Crippen molar-refractivity contribution >= 4 is 27.5 Å². The van der Waals surface area contributed by atoms with Crippen molar-refractivity contribution in [3.63, 3.8) is 0 Å². The number of aliphatic carboxylic acids is 1. The molecule has 0 radical (unpaired) electrons. The maximum atomic E-state index is 11.2. The van der Waals surface area contributed by atoms with Crippen molar-refractivity contribution in [3.05, 3.63) is 69.7 Å². The van der Waals surface area contributed by atoms with Crippen molar-refractivity contribution in [1.82, 2.24) is 0 Å². The SMILES string of the molecule is CCO[C@@H](Cc1ccc(OC/C(CC)=C(/C)c2ccc(Br)cc2)cc1)C(=O)O. The topological polar surface area (TPSA) is 55.8 Å². The maximum Gasteiger partial charge on any atom is 0.333 e. The third kappa shape index (κ3) is 6.50. The quantitative estimate of drug-likeness (QED) is 0.505. The van der Waals surface area contributed by atoms with E-state index in [0.29, 0.717) is 19.6 Å². The van der Waals surface area contributed by atoms with E-state index in [1.54, 1.807) is 6.92 Å². The number of benzene rings is 2. The molecule has 0 aliphatic carbocycles. The third-order valence-corrected chi connectivity index (χ3v) is 5.16. The molecule has 1 atom stereocenters. The Morgan fingerprint density at radius 3 is 2.25 bits per heavy atom. The normalized spacial score (nSPS) is 13.0. The molecule has 0 saturated heterocycles. The lowest BCUT2D eigenvalue weighted by Gasteiger charge is -2.14. The molecule has 0 spiro atoms. The Morgan fingerprint density at radius 2 is 1.71 bits per heavy atom. The summed E-state index contributed by atoms with van der Waals surface area (Å²) >= 11 is 3.47. The number of hydrogen-bond donors (Lipinski definition) is 1. The summed E-state index contributed by atoms with van der Waals surface area (Å²) in [4.78, 5) is 11.2. The maximum absolute atomic E-state index is 11.2. The number of ether oxygens (including phenoxy) is 2. The van der Waals surface area contributed by atoms with Crippen molar-refractivity contribution < 1.29 is 19.4 Å². The highest BCUT2D eigenvalue weighted by molar-refractivity contribution is 9.10. The molecular formula is C23H27BrO4. The molecular weight excluding hydrogens is 420 g/mol. The molecule has 0 fully saturated rings. The standard InChI is InChI=1S/C23H27BrO4/c1-4-18(16(3)19-8-10-20(24)11-9-19)15-28-21-12-6-17(7-13-21)14-22(23(25)26)27-5-2/h6-13,22H,4-5,14-15H2,1-3H3,(H,25,26)/b18-16-/t22-/m0/s1. The minimum Gasteiger partial charge on any atom is -0.489 e. The van der Waals surface area contributed by atoms with Crippen molar-refractivity contribution in [3.8, 4) is 5.75 Å². The number of halogens is 1. The van der Waals surface area contributed by atoms with Crippen molar-refractivity contribution in [2.24, 2.45) is 0 Å². The molecule has 0 amide bonds. The summed E-state index contributed by atoms with van der Waals surface area (Å²) in [6.07, 6.45) is 0.431. The summed E-state index contributed by atoms with van der Waals surface area (Å²) in [5, 5.41) is 9.20. The summed E-state index contributed by atoms with van der Waals surface area (Å²) in [6.45, 7) is 6.94. The molecule has 0 aliphatic rings. The highest BCUT2D eigenvalue weighted by Crippen LogP contribution is 2.23. The van der Waals surface area contributed by atoms with E-state index in [1.165, 1.54) is 16.7 Å². The number of rotatable bonds is 10. The zero-order valence-electron chi connectivity index (χ0n) is 16.6. The molecule has 28 heavy (non-hydrogen) atoms. The molecule has 2 aromatic carbocycles. The highest BCUT2D eigenvalue weighted by atomic mass is 79.9. The van der Waals surface area contributed by atoms with Crippen LogP contribution in [0, 0.1) is 0 Å².